The Morgan fingerprint density at radius 3 is 1.75 bits per heavy atom. The van der Waals surface area contributed by atoms with Gasteiger partial charge in [-0.05, 0) is 12.1 Å². The molecule has 0 fully saturated rings. The van der Waals surface area contributed by atoms with Gasteiger partial charge >= 0.3 is 11.4 Å². The standard InChI is InChI=1S/C10H8N2O3S/c13-16(14-9-5-1-3-7-11-9)15-10-6-2-4-8-12-10/h1-8H. The number of hydrogen-bond donors (Lipinski definition) is 0. The van der Waals surface area contributed by atoms with Gasteiger partial charge in [0.2, 0.25) is 11.8 Å². The summed E-state index contributed by atoms with van der Waals surface area (Å²) in [5.41, 5.74) is 0. The van der Waals surface area contributed by atoms with Crippen molar-refractivity contribution in [3.05, 3.63) is 48.8 Å². The average molecular weight is 236 g/mol. The topological polar surface area (TPSA) is 61.3 Å². The fourth-order valence-corrected chi connectivity index (χ4v) is 1.46. The maximum Gasteiger partial charge on any atom is 0.420 e. The Labute approximate surface area is 94.9 Å². The second kappa shape index (κ2) is 5.22. The van der Waals surface area contributed by atoms with Gasteiger partial charge in [-0.2, -0.15) is 4.21 Å². The molecule has 5 nitrogen and oxygen atoms in total. The molecule has 0 atom stereocenters. The molecular weight excluding hydrogens is 228 g/mol. The van der Waals surface area contributed by atoms with E-state index in [9.17, 15) is 4.21 Å². The summed E-state index contributed by atoms with van der Waals surface area (Å²) in [6.07, 6.45) is 3.07. The van der Waals surface area contributed by atoms with Gasteiger partial charge in [-0.1, -0.05) is 12.1 Å². The zero-order chi connectivity index (χ0) is 11.2. The maximum absolute atomic E-state index is 11.4. The Morgan fingerprint density at radius 2 is 1.38 bits per heavy atom. The average Bonchev–Trinajstić information content (AvgIpc) is 2.31. The van der Waals surface area contributed by atoms with E-state index in [1.54, 1.807) is 36.4 Å². The minimum absolute atomic E-state index is 0.233. The third-order valence-corrected chi connectivity index (χ3v) is 2.20. The van der Waals surface area contributed by atoms with E-state index < -0.39 is 11.4 Å². The van der Waals surface area contributed by atoms with E-state index in [2.05, 4.69) is 9.97 Å². The van der Waals surface area contributed by atoms with Crippen molar-refractivity contribution < 1.29 is 12.6 Å². The first kappa shape index (κ1) is 10.6. The van der Waals surface area contributed by atoms with Crippen LogP contribution in [0.2, 0.25) is 0 Å². The molecule has 0 aliphatic rings. The van der Waals surface area contributed by atoms with Gasteiger partial charge in [0.05, 0.1) is 0 Å². The van der Waals surface area contributed by atoms with Crippen LogP contribution in [0.25, 0.3) is 0 Å². The van der Waals surface area contributed by atoms with E-state index in [1.165, 1.54) is 12.4 Å². The van der Waals surface area contributed by atoms with Crippen molar-refractivity contribution >= 4 is 11.4 Å². The Kier molecular flexibility index (Phi) is 3.45. The first-order valence-electron chi connectivity index (χ1n) is 4.45. The van der Waals surface area contributed by atoms with Crippen LogP contribution in [0.5, 0.6) is 11.8 Å². The monoisotopic (exact) mass is 236 g/mol. The normalized spacial score (nSPS) is 10.1. The Balaban J connectivity index is 1.95. The second-order valence-electron chi connectivity index (χ2n) is 2.71. The minimum atomic E-state index is -1.95. The molecule has 6 heteroatoms. The van der Waals surface area contributed by atoms with Crippen molar-refractivity contribution in [1.29, 1.82) is 0 Å². The molecule has 0 saturated carbocycles. The molecule has 0 N–H and O–H groups in total. The van der Waals surface area contributed by atoms with Crippen LogP contribution in [0.4, 0.5) is 0 Å². The predicted molar refractivity (Wildman–Crippen MR) is 57.9 cm³/mol. The molecule has 0 aliphatic carbocycles. The van der Waals surface area contributed by atoms with Gasteiger partial charge in [0.1, 0.15) is 0 Å². The quantitative estimate of drug-likeness (QED) is 0.805. The summed E-state index contributed by atoms with van der Waals surface area (Å²) in [6, 6.07) is 10.1. The molecule has 0 aromatic carbocycles. The zero-order valence-electron chi connectivity index (χ0n) is 8.15. The van der Waals surface area contributed by atoms with Crippen molar-refractivity contribution in [2.24, 2.45) is 0 Å². The molecular formula is C10H8N2O3S. The molecule has 0 amide bonds. The van der Waals surface area contributed by atoms with E-state index in [4.69, 9.17) is 8.37 Å². The Bertz CT molecular complexity index is 421. The highest BCUT2D eigenvalue weighted by Gasteiger charge is 2.06. The summed E-state index contributed by atoms with van der Waals surface area (Å²) in [4.78, 5) is 7.69. The Morgan fingerprint density at radius 1 is 0.875 bits per heavy atom. The lowest BCUT2D eigenvalue weighted by atomic mass is 10.5. The van der Waals surface area contributed by atoms with Crippen LogP contribution in [0.3, 0.4) is 0 Å². The highest BCUT2D eigenvalue weighted by atomic mass is 32.2. The van der Waals surface area contributed by atoms with Gasteiger partial charge in [0.15, 0.2) is 0 Å². The molecule has 16 heavy (non-hydrogen) atoms. The van der Waals surface area contributed by atoms with Gasteiger partial charge in [-0.25, -0.2) is 9.97 Å². The van der Waals surface area contributed by atoms with Crippen LogP contribution >= 0.6 is 0 Å². The van der Waals surface area contributed by atoms with Gasteiger partial charge < -0.3 is 8.37 Å². The number of aromatic nitrogens is 2. The van der Waals surface area contributed by atoms with E-state index in [0.29, 0.717) is 0 Å². The first-order valence-corrected chi connectivity index (χ1v) is 5.45. The lowest BCUT2D eigenvalue weighted by Crippen LogP contribution is -2.09. The molecule has 0 saturated heterocycles. The molecule has 2 heterocycles. The predicted octanol–water partition coefficient (Wildman–Crippen LogP) is 1.51. The van der Waals surface area contributed by atoms with E-state index >= 15 is 0 Å². The van der Waals surface area contributed by atoms with Gasteiger partial charge in [0.25, 0.3) is 0 Å². The van der Waals surface area contributed by atoms with Crippen molar-refractivity contribution in [3.63, 3.8) is 0 Å². The number of nitrogens with zero attached hydrogens (tertiary/aromatic N) is 2. The van der Waals surface area contributed by atoms with Crippen LogP contribution in [-0.4, -0.2) is 14.2 Å². The third-order valence-electron chi connectivity index (χ3n) is 1.58. The third kappa shape index (κ3) is 3.03. The molecule has 0 unspecified atom stereocenters. The molecule has 0 aliphatic heterocycles. The minimum Gasteiger partial charge on any atom is -0.350 e. The van der Waals surface area contributed by atoms with E-state index in [0.717, 1.165) is 0 Å². The van der Waals surface area contributed by atoms with Crippen LogP contribution < -0.4 is 8.37 Å². The lowest BCUT2D eigenvalue weighted by molar-refractivity contribution is 0.446. The SMILES string of the molecule is O=S(Oc1ccccn1)Oc1ccccn1. The van der Waals surface area contributed by atoms with Crippen LogP contribution in [0.1, 0.15) is 0 Å². The molecule has 2 rings (SSSR count). The first-order chi connectivity index (χ1) is 7.84. The Hall–Kier alpha value is -1.95. The van der Waals surface area contributed by atoms with Gasteiger partial charge in [0, 0.05) is 24.5 Å². The summed E-state index contributed by atoms with van der Waals surface area (Å²) in [7, 11) is 0. The molecule has 2 aromatic rings. The molecule has 82 valence electrons. The summed E-state index contributed by atoms with van der Waals surface area (Å²) in [6.45, 7) is 0. The van der Waals surface area contributed by atoms with Crippen molar-refractivity contribution in [2.45, 2.75) is 0 Å². The lowest BCUT2D eigenvalue weighted by Gasteiger charge is -2.03. The second-order valence-corrected chi connectivity index (χ2v) is 3.45. The van der Waals surface area contributed by atoms with Gasteiger partial charge in [-0.3, -0.25) is 0 Å². The number of pyridine rings is 2. The maximum atomic E-state index is 11.4. The molecule has 0 bridgehead atoms. The highest BCUT2D eigenvalue weighted by Crippen LogP contribution is 2.09. The van der Waals surface area contributed by atoms with Crippen molar-refractivity contribution in [2.75, 3.05) is 0 Å². The summed E-state index contributed by atoms with van der Waals surface area (Å²) in [5, 5.41) is 0. The fourth-order valence-electron chi connectivity index (χ4n) is 0.949. The summed E-state index contributed by atoms with van der Waals surface area (Å²) < 4.78 is 21.2. The van der Waals surface area contributed by atoms with Crippen LogP contribution in [0.15, 0.2) is 48.8 Å². The molecule has 0 radical (unpaired) electrons. The van der Waals surface area contributed by atoms with E-state index in [1.807, 2.05) is 0 Å². The number of hydrogen-bond acceptors (Lipinski definition) is 5. The largest absolute Gasteiger partial charge is 0.420 e. The van der Waals surface area contributed by atoms with Crippen molar-refractivity contribution in [1.82, 2.24) is 9.97 Å². The van der Waals surface area contributed by atoms with E-state index in [-0.39, 0.29) is 11.8 Å². The molecule has 2 aromatic heterocycles. The number of rotatable bonds is 4. The van der Waals surface area contributed by atoms with Crippen molar-refractivity contribution in [3.8, 4) is 11.8 Å². The zero-order valence-corrected chi connectivity index (χ0v) is 8.96. The molecule has 0 spiro atoms. The van der Waals surface area contributed by atoms with Crippen LogP contribution in [-0.2, 0) is 11.4 Å². The van der Waals surface area contributed by atoms with Crippen LogP contribution in [0, 0.1) is 0 Å². The highest BCUT2D eigenvalue weighted by molar-refractivity contribution is 7.75. The summed E-state index contributed by atoms with van der Waals surface area (Å²) >= 11 is -1.95. The summed E-state index contributed by atoms with van der Waals surface area (Å²) in [5.74, 6) is 0.466. The van der Waals surface area contributed by atoms with Gasteiger partial charge in [-0.15, -0.1) is 0 Å². The fraction of sp³-hybridized carbons (Fsp3) is 0. The smallest absolute Gasteiger partial charge is 0.350 e.